The van der Waals surface area contributed by atoms with Crippen LogP contribution in [0.3, 0.4) is 0 Å². The monoisotopic (exact) mass is 372 g/mol. The second kappa shape index (κ2) is 9.40. The number of hydrogen-bond acceptors (Lipinski definition) is 3. The molecule has 6 heteroatoms. The van der Waals surface area contributed by atoms with Crippen LogP contribution in [-0.4, -0.2) is 38.2 Å². The Morgan fingerprint density at radius 2 is 1.50 bits per heavy atom. The van der Waals surface area contributed by atoms with Crippen LogP contribution in [0.15, 0.2) is 47.4 Å². The van der Waals surface area contributed by atoms with Crippen molar-refractivity contribution in [2.45, 2.75) is 18.7 Å². The van der Waals surface area contributed by atoms with Crippen LogP contribution in [-0.2, 0) is 9.59 Å². The second-order valence-corrected chi connectivity index (χ2v) is 7.20. The number of para-hydroxylation sites is 1. The third-order valence-electron chi connectivity index (χ3n) is 4.18. The molecule has 2 aromatic carbocycles. The van der Waals surface area contributed by atoms with Crippen LogP contribution in [0.4, 0.5) is 11.4 Å². The van der Waals surface area contributed by atoms with E-state index in [9.17, 15) is 9.59 Å². The number of carbonyl (C=O) groups excluding carboxylic acids is 2. The van der Waals surface area contributed by atoms with Gasteiger partial charge < -0.3 is 15.5 Å². The molecule has 2 amide bonds. The van der Waals surface area contributed by atoms with Crippen LogP contribution in [0.1, 0.15) is 11.1 Å². The van der Waals surface area contributed by atoms with Gasteiger partial charge in [0.05, 0.1) is 12.7 Å². The molecular weight excluding hydrogens is 346 g/mol. The van der Waals surface area contributed by atoms with Crippen molar-refractivity contribution in [3.05, 3.63) is 53.6 Å². The van der Waals surface area contributed by atoms with Crippen molar-refractivity contribution in [3.8, 4) is 0 Å². The second-order valence-electron chi connectivity index (χ2n) is 6.35. The van der Waals surface area contributed by atoms with E-state index in [1.54, 1.807) is 11.8 Å². The summed E-state index contributed by atoms with van der Waals surface area (Å²) in [6.45, 7) is 4.45. The topological polar surface area (TPSA) is 62.6 Å². The highest BCUT2D eigenvalue weighted by molar-refractivity contribution is 7.98. The van der Waals surface area contributed by atoms with Crippen LogP contribution in [0, 0.1) is 13.8 Å². The van der Waals surface area contributed by atoms with Gasteiger partial charge in [0.15, 0.2) is 13.1 Å². The molecule has 0 spiro atoms. The molecule has 0 saturated heterocycles. The number of likely N-dealkylation sites (N-methyl/N-ethyl adjacent to an activating group) is 1. The maximum absolute atomic E-state index is 12.3. The molecule has 2 rings (SSSR count). The van der Waals surface area contributed by atoms with Crippen LogP contribution < -0.4 is 15.5 Å². The summed E-state index contributed by atoms with van der Waals surface area (Å²) in [5.74, 6) is -0.211. The van der Waals surface area contributed by atoms with Crippen LogP contribution >= 0.6 is 11.8 Å². The average molecular weight is 373 g/mol. The van der Waals surface area contributed by atoms with Gasteiger partial charge in [-0.2, -0.15) is 0 Å². The Labute approximate surface area is 159 Å². The summed E-state index contributed by atoms with van der Waals surface area (Å²) in [4.78, 5) is 26.4. The van der Waals surface area contributed by atoms with Gasteiger partial charge in [-0.05, 0) is 49.4 Å². The zero-order valence-corrected chi connectivity index (χ0v) is 16.5. The summed E-state index contributed by atoms with van der Waals surface area (Å²) in [6.07, 6.45) is 1.97. The van der Waals surface area contributed by atoms with Crippen molar-refractivity contribution < 1.29 is 14.5 Å². The van der Waals surface area contributed by atoms with Crippen molar-refractivity contribution in [3.63, 3.8) is 0 Å². The molecular formula is C20H26N3O2S+. The number of aryl methyl sites for hydroxylation is 1. The number of hydrogen-bond donors (Lipinski definition) is 3. The van der Waals surface area contributed by atoms with Gasteiger partial charge in [-0.1, -0.05) is 24.3 Å². The van der Waals surface area contributed by atoms with E-state index in [2.05, 4.69) is 10.6 Å². The molecule has 3 N–H and O–H groups in total. The number of nitrogens with one attached hydrogen (secondary N) is 3. The summed E-state index contributed by atoms with van der Waals surface area (Å²) in [5, 5.41) is 5.85. The van der Waals surface area contributed by atoms with Gasteiger partial charge in [-0.3, -0.25) is 9.59 Å². The van der Waals surface area contributed by atoms with E-state index in [0.717, 1.165) is 32.3 Å². The Hall–Kier alpha value is -2.31. The Bertz CT molecular complexity index is 792. The normalized spacial score (nSPS) is 11.7. The molecule has 1 unspecified atom stereocenters. The molecule has 0 aliphatic carbocycles. The van der Waals surface area contributed by atoms with Gasteiger partial charge >= 0.3 is 0 Å². The molecule has 1 atom stereocenters. The largest absolute Gasteiger partial charge is 0.322 e. The molecule has 0 aromatic heterocycles. The van der Waals surface area contributed by atoms with E-state index in [1.165, 1.54) is 0 Å². The predicted molar refractivity (Wildman–Crippen MR) is 108 cm³/mol. The fourth-order valence-corrected chi connectivity index (χ4v) is 3.19. The lowest BCUT2D eigenvalue weighted by Gasteiger charge is -2.15. The van der Waals surface area contributed by atoms with Gasteiger partial charge in [-0.15, -0.1) is 11.8 Å². The lowest BCUT2D eigenvalue weighted by Crippen LogP contribution is -3.11. The quantitative estimate of drug-likeness (QED) is 0.653. The molecule has 0 radical (unpaired) electrons. The Morgan fingerprint density at radius 1 is 0.923 bits per heavy atom. The first-order valence-corrected chi connectivity index (χ1v) is 9.73. The van der Waals surface area contributed by atoms with Crippen molar-refractivity contribution in [2.75, 3.05) is 37.0 Å². The molecule has 0 aliphatic heterocycles. The average Bonchev–Trinajstić information content (AvgIpc) is 2.59. The van der Waals surface area contributed by atoms with Crippen molar-refractivity contribution in [1.82, 2.24) is 0 Å². The number of anilines is 2. The van der Waals surface area contributed by atoms with E-state index in [-0.39, 0.29) is 24.9 Å². The minimum absolute atomic E-state index is 0.103. The molecule has 0 heterocycles. The first-order valence-electron chi connectivity index (χ1n) is 8.51. The zero-order chi connectivity index (χ0) is 19.1. The summed E-state index contributed by atoms with van der Waals surface area (Å²) < 4.78 is 0. The van der Waals surface area contributed by atoms with E-state index in [1.807, 2.05) is 69.6 Å². The lowest BCUT2D eigenvalue weighted by molar-refractivity contribution is -0.862. The van der Waals surface area contributed by atoms with E-state index < -0.39 is 0 Å². The van der Waals surface area contributed by atoms with Crippen molar-refractivity contribution >= 4 is 35.0 Å². The maximum atomic E-state index is 12.3. The molecule has 0 aliphatic rings. The molecule has 26 heavy (non-hydrogen) atoms. The van der Waals surface area contributed by atoms with E-state index in [4.69, 9.17) is 0 Å². The summed E-state index contributed by atoms with van der Waals surface area (Å²) in [5.41, 5.74) is 3.82. The SMILES string of the molecule is CSc1ccccc1NC(=O)C[NH+](C)CC(=O)Nc1cccc(C)c1C. The van der Waals surface area contributed by atoms with Crippen LogP contribution in [0.2, 0.25) is 0 Å². The molecule has 5 nitrogen and oxygen atoms in total. The molecule has 138 valence electrons. The first-order chi connectivity index (χ1) is 12.4. The fraction of sp³-hybridized carbons (Fsp3) is 0.300. The molecule has 0 saturated carbocycles. The minimum atomic E-state index is -0.108. The smallest absolute Gasteiger partial charge is 0.279 e. The van der Waals surface area contributed by atoms with E-state index >= 15 is 0 Å². The van der Waals surface area contributed by atoms with E-state index in [0.29, 0.717) is 0 Å². The minimum Gasteiger partial charge on any atom is -0.322 e. The predicted octanol–water partition coefficient (Wildman–Crippen LogP) is 2.12. The highest BCUT2D eigenvalue weighted by atomic mass is 32.2. The Kier molecular flexibility index (Phi) is 7.24. The zero-order valence-electron chi connectivity index (χ0n) is 15.7. The van der Waals surface area contributed by atoms with Gasteiger partial charge in [0.2, 0.25) is 0 Å². The number of amides is 2. The number of benzene rings is 2. The lowest BCUT2D eigenvalue weighted by atomic mass is 10.1. The summed E-state index contributed by atoms with van der Waals surface area (Å²) in [6, 6.07) is 13.5. The number of quaternary nitrogens is 1. The van der Waals surface area contributed by atoms with Crippen molar-refractivity contribution in [2.24, 2.45) is 0 Å². The number of rotatable bonds is 7. The third-order valence-corrected chi connectivity index (χ3v) is 4.98. The number of thioether (sulfide) groups is 1. The van der Waals surface area contributed by atoms with Crippen molar-refractivity contribution in [1.29, 1.82) is 0 Å². The van der Waals surface area contributed by atoms with Gasteiger partial charge in [0.1, 0.15) is 0 Å². The van der Waals surface area contributed by atoms with Gasteiger partial charge in [0.25, 0.3) is 11.8 Å². The standard InChI is InChI=1S/C20H25N3O2S/c1-14-8-7-10-16(15(14)2)21-19(24)12-23(3)13-20(25)22-17-9-5-6-11-18(17)26-4/h5-11H,12-13H2,1-4H3,(H,21,24)(H,22,25)/p+1. The van der Waals surface area contributed by atoms with Crippen LogP contribution in [0.25, 0.3) is 0 Å². The summed E-state index contributed by atoms with van der Waals surface area (Å²) >= 11 is 1.58. The van der Waals surface area contributed by atoms with Gasteiger partial charge in [-0.25, -0.2) is 0 Å². The van der Waals surface area contributed by atoms with Gasteiger partial charge in [0, 0.05) is 10.6 Å². The Morgan fingerprint density at radius 3 is 2.15 bits per heavy atom. The molecule has 0 fully saturated rings. The van der Waals surface area contributed by atoms with Crippen LogP contribution in [0.5, 0.6) is 0 Å². The highest BCUT2D eigenvalue weighted by Crippen LogP contribution is 2.24. The third kappa shape index (κ3) is 5.61. The fourth-order valence-electron chi connectivity index (χ4n) is 2.63. The number of carbonyl (C=O) groups is 2. The maximum Gasteiger partial charge on any atom is 0.279 e. The highest BCUT2D eigenvalue weighted by Gasteiger charge is 2.16. The summed E-state index contributed by atoms with van der Waals surface area (Å²) in [7, 11) is 1.84. The molecule has 0 bridgehead atoms. The first kappa shape index (κ1) is 20.0. The Balaban J connectivity index is 1.87. The molecule has 2 aromatic rings.